The van der Waals surface area contributed by atoms with Gasteiger partial charge >= 0.3 is 5.97 Å². The number of rotatable bonds is 7. The molecule has 0 amide bonds. The summed E-state index contributed by atoms with van der Waals surface area (Å²) in [6.45, 7) is 1.86. The van der Waals surface area contributed by atoms with Gasteiger partial charge in [-0.1, -0.05) is 18.0 Å². The Labute approximate surface area is 105 Å². The van der Waals surface area contributed by atoms with Crippen molar-refractivity contribution in [3.63, 3.8) is 0 Å². The van der Waals surface area contributed by atoms with Crippen LogP contribution in [0.15, 0.2) is 10.6 Å². The molecular weight excluding hydrogens is 236 g/mol. The first kappa shape index (κ1) is 13.0. The molecule has 1 fully saturated rings. The van der Waals surface area contributed by atoms with Gasteiger partial charge < -0.3 is 19.7 Å². The van der Waals surface area contributed by atoms with Gasteiger partial charge in [0.1, 0.15) is 0 Å². The maximum atomic E-state index is 10.6. The molecule has 0 radical (unpaired) electrons. The number of hydrogen-bond acceptors (Lipinski definition) is 5. The van der Waals surface area contributed by atoms with Crippen LogP contribution in [0.2, 0.25) is 0 Å². The first-order valence-corrected chi connectivity index (χ1v) is 6.27. The highest BCUT2D eigenvalue weighted by Gasteiger charge is 2.14. The van der Waals surface area contributed by atoms with E-state index in [9.17, 15) is 4.79 Å². The molecule has 1 aromatic rings. The van der Waals surface area contributed by atoms with E-state index in [1.807, 2.05) is 0 Å². The summed E-state index contributed by atoms with van der Waals surface area (Å²) in [5.41, 5.74) is -0.0611. The Morgan fingerprint density at radius 3 is 3.00 bits per heavy atom. The topological polar surface area (TPSA) is 84.6 Å². The van der Waals surface area contributed by atoms with Crippen LogP contribution >= 0.6 is 0 Å². The SMILES string of the molecule is O=C(O)c1cc(CNCCOC2CCCC2)on1. The summed E-state index contributed by atoms with van der Waals surface area (Å²) in [6, 6.07) is 1.42. The molecule has 0 saturated heterocycles. The van der Waals surface area contributed by atoms with Gasteiger partial charge in [0.2, 0.25) is 0 Å². The number of carboxylic acids is 1. The highest BCUT2D eigenvalue weighted by molar-refractivity contribution is 5.85. The van der Waals surface area contributed by atoms with Gasteiger partial charge in [-0.25, -0.2) is 4.79 Å². The van der Waals surface area contributed by atoms with Crippen LogP contribution < -0.4 is 5.32 Å². The van der Waals surface area contributed by atoms with E-state index in [0.29, 0.717) is 25.0 Å². The lowest BCUT2D eigenvalue weighted by Gasteiger charge is -2.10. The molecular formula is C12H18N2O4. The van der Waals surface area contributed by atoms with Crippen molar-refractivity contribution in [2.45, 2.75) is 38.3 Å². The Morgan fingerprint density at radius 1 is 1.56 bits per heavy atom. The van der Waals surface area contributed by atoms with Crippen LogP contribution in [-0.2, 0) is 11.3 Å². The molecule has 0 aromatic carbocycles. The van der Waals surface area contributed by atoms with Crippen molar-refractivity contribution >= 4 is 5.97 Å². The third kappa shape index (κ3) is 3.82. The van der Waals surface area contributed by atoms with Crippen LogP contribution in [0.25, 0.3) is 0 Å². The molecule has 0 bridgehead atoms. The van der Waals surface area contributed by atoms with Crippen LogP contribution in [0.5, 0.6) is 0 Å². The van der Waals surface area contributed by atoms with Gasteiger partial charge in [0.05, 0.1) is 19.3 Å². The standard InChI is InChI=1S/C12H18N2O4/c15-12(16)11-7-10(18-14-11)8-13-5-6-17-9-3-1-2-4-9/h7,9,13H,1-6,8H2,(H,15,16). The third-order valence-electron chi connectivity index (χ3n) is 3.01. The zero-order valence-electron chi connectivity index (χ0n) is 10.2. The fraction of sp³-hybridized carbons (Fsp3) is 0.667. The number of nitrogens with zero attached hydrogens (tertiary/aromatic N) is 1. The summed E-state index contributed by atoms with van der Waals surface area (Å²) in [5.74, 6) is -0.553. The van der Waals surface area contributed by atoms with E-state index in [1.165, 1.54) is 31.7 Å². The van der Waals surface area contributed by atoms with Crippen molar-refractivity contribution in [1.29, 1.82) is 0 Å². The Morgan fingerprint density at radius 2 is 2.33 bits per heavy atom. The van der Waals surface area contributed by atoms with E-state index in [4.69, 9.17) is 14.4 Å². The molecule has 0 aliphatic heterocycles. The zero-order chi connectivity index (χ0) is 12.8. The molecule has 0 spiro atoms. The Hall–Kier alpha value is -1.40. The number of ether oxygens (including phenoxy) is 1. The zero-order valence-corrected chi connectivity index (χ0v) is 10.2. The highest BCUT2D eigenvalue weighted by atomic mass is 16.5. The van der Waals surface area contributed by atoms with Gasteiger partial charge in [0.15, 0.2) is 11.5 Å². The van der Waals surface area contributed by atoms with E-state index < -0.39 is 5.97 Å². The van der Waals surface area contributed by atoms with Gasteiger partial charge in [0.25, 0.3) is 0 Å². The monoisotopic (exact) mass is 254 g/mol. The third-order valence-corrected chi connectivity index (χ3v) is 3.01. The number of hydrogen-bond donors (Lipinski definition) is 2. The van der Waals surface area contributed by atoms with Gasteiger partial charge in [-0.15, -0.1) is 0 Å². The van der Waals surface area contributed by atoms with Gasteiger partial charge in [-0.2, -0.15) is 0 Å². The van der Waals surface area contributed by atoms with E-state index in [-0.39, 0.29) is 5.69 Å². The van der Waals surface area contributed by atoms with E-state index in [2.05, 4.69) is 10.5 Å². The van der Waals surface area contributed by atoms with Crippen LogP contribution in [0.4, 0.5) is 0 Å². The van der Waals surface area contributed by atoms with Crippen molar-refractivity contribution in [3.8, 4) is 0 Å². The predicted octanol–water partition coefficient (Wildman–Crippen LogP) is 1.42. The Kier molecular flexibility index (Phi) is 4.72. The van der Waals surface area contributed by atoms with Crippen molar-refractivity contribution < 1.29 is 19.2 Å². The summed E-state index contributed by atoms with van der Waals surface area (Å²) < 4.78 is 10.6. The highest BCUT2D eigenvalue weighted by Crippen LogP contribution is 2.20. The van der Waals surface area contributed by atoms with Crippen LogP contribution in [0.3, 0.4) is 0 Å². The molecule has 0 unspecified atom stereocenters. The number of aromatic carboxylic acids is 1. The van der Waals surface area contributed by atoms with Crippen LogP contribution in [0, 0.1) is 0 Å². The number of carbonyl (C=O) groups is 1. The fourth-order valence-corrected chi connectivity index (χ4v) is 2.06. The lowest BCUT2D eigenvalue weighted by atomic mass is 10.3. The average molecular weight is 254 g/mol. The quantitative estimate of drug-likeness (QED) is 0.716. The normalized spacial score (nSPS) is 16.2. The van der Waals surface area contributed by atoms with Gasteiger partial charge in [0, 0.05) is 12.6 Å². The second-order valence-electron chi connectivity index (χ2n) is 4.44. The lowest BCUT2D eigenvalue weighted by Crippen LogP contribution is -2.21. The van der Waals surface area contributed by atoms with Crippen LogP contribution in [0.1, 0.15) is 41.9 Å². The minimum absolute atomic E-state index is 0.0611. The van der Waals surface area contributed by atoms with E-state index >= 15 is 0 Å². The average Bonchev–Trinajstić information content (AvgIpc) is 2.98. The maximum Gasteiger partial charge on any atom is 0.358 e. The molecule has 6 heteroatoms. The van der Waals surface area contributed by atoms with Gasteiger partial charge in [-0.05, 0) is 12.8 Å². The maximum absolute atomic E-state index is 10.6. The molecule has 6 nitrogen and oxygen atoms in total. The summed E-state index contributed by atoms with van der Waals surface area (Å²) in [5, 5.41) is 15.2. The molecule has 1 aromatic heterocycles. The minimum atomic E-state index is -1.07. The minimum Gasteiger partial charge on any atom is -0.476 e. The summed E-state index contributed by atoms with van der Waals surface area (Å²) in [4.78, 5) is 10.6. The number of nitrogens with one attached hydrogen (secondary N) is 1. The molecule has 2 N–H and O–H groups in total. The molecule has 0 atom stereocenters. The van der Waals surface area contributed by atoms with Gasteiger partial charge in [-0.3, -0.25) is 0 Å². The molecule has 1 heterocycles. The molecule has 1 aliphatic carbocycles. The van der Waals surface area contributed by atoms with E-state index in [0.717, 1.165) is 6.54 Å². The van der Waals surface area contributed by atoms with Crippen molar-refractivity contribution in [1.82, 2.24) is 10.5 Å². The second kappa shape index (κ2) is 6.51. The summed E-state index contributed by atoms with van der Waals surface area (Å²) in [6.07, 6.45) is 5.31. The molecule has 2 rings (SSSR count). The first-order chi connectivity index (χ1) is 8.75. The summed E-state index contributed by atoms with van der Waals surface area (Å²) in [7, 11) is 0. The Bertz CT molecular complexity index is 385. The molecule has 1 saturated carbocycles. The fourth-order valence-electron chi connectivity index (χ4n) is 2.06. The van der Waals surface area contributed by atoms with E-state index in [1.54, 1.807) is 0 Å². The largest absolute Gasteiger partial charge is 0.476 e. The number of carboxylic acid groups (broad SMARTS) is 1. The summed E-state index contributed by atoms with van der Waals surface area (Å²) >= 11 is 0. The lowest BCUT2D eigenvalue weighted by molar-refractivity contribution is 0.0600. The smallest absolute Gasteiger partial charge is 0.358 e. The van der Waals surface area contributed by atoms with Crippen molar-refractivity contribution in [3.05, 3.63) is 17.5 Å². The van der Waals surface area contributed by atoms with Crippen molar-refractivity contribution in [2.75, 3.05) is 13.2 Å². The predicted molar refractivity (Wildman–Crippen MR) is 63.4 cm³/mol. The molecule has 1 aliphatic rings. The first-order valence-electron chi connectivity index (χ1n) is 6.27. The molecule has 18 heavy (non-hydrogen) atoms. The molecule has 100 valence electrons. The number of aromatic nitrogens is 1. The van der Waals surface area contributed by atoms with Crippen LogP contribution in [-0.4, -0.2) is 35.5 Å². The Balaban J connectivity index is 1.58. The second-order valence-corrected chi connectivity index (χ2v) is 4.44. The van der Waals surface area contributed by atoms with Crippen molar-refractivity contribution in [2.24, 2.45) is 0 Å².